The molecule has 0 saturated carbocycles. The maximum Gasteiger partial charge on any atom is 0.573 e. The second kappa shape index (κ2) is 12.8. The highest BCUT2D eigenvalue weighted by Gasteiger charge is 2.44. The van der Waals surface area contributed by atoms with Gasteiger partial charge in [0, 0.05) is 25.7 Å². The topological polar surface area (TPSA) is 60.5 Å². The molecule has 4 rings (SSSR count). The fourth-order valence-electron chi connectivity index (χ4n) is 4.40. The zero-order chi connectivity index (χ0) is 30.7. The molecule has 7 nitrogen and oxygen atoms in total. The summed E-state index contributed by atoms with van der Waals surface area (Å²) in [6.07, 6.45) is -13.6. The highest BCUT2D eigenvalue weighted by atomic mass is 32.2. The Morgan fingerprint density at radius 3 is 2.33 bits per heavy atom. The summed E-state index contributed by atoms with van der Waals surface area (Å²) in [6, 6.07) is 15.0. The van der Waals surface area contributed by atoms with Crippen molar-refractivity contribution in [2.24, 2.45) is 0 Å². The number of rotatable bonds is 11. The van der Waals surface area contributed by atoms with E-state index in [1.807, 2.05) is 4.90 Å². The molecular weight excluding hydrogens is 597 g/mol. The molecule has 0 aromatic heterocycles. The molecule has 0 amide bonds. The molecular formula is C27H25F7N2O5S. The summed E-state index contributed by atoms with van der Waals surface area (Å²) in [5.74, 6) is -0.592. The normalized spacial score (nSPS) is 16.3. The Balaban J connectivity index is 1.73. The number of likely N-dealkylation sites (N-methyl/N-ethyl adjacent to an activating group) is 1. The Bertz CT molecular complexity index is 1410. The summed E-state index contributed by atoms with van der Waals surface area (Å²) < 4.78 is 124. The van der Waals surface area contributed by atoms with Gasteiger partial charge in [-0.3, -0.25) is 4.18 Å². The molecule has 15 heteroatoms. The number of hydrogen-bond acceptors (Lipinski definition) is 6. The van der Waals surface area contributed by atoms with Crippen LogP contribution < -0.4 is 19.1 Å². The van der Waals surface area contributed by atoms with Gasteiger partial charge in [-0.25, -0.2) is 8.51 Å². The van der Waals surface area contributed by atoms with Crippen molar-refractivity contribution in [2.45, 2.75) is 24.9 Å². The number of ether oxygens (including phenoxy) is 3. The Kier molecular flexibility index (Phi) is 9.53. The maximum absolute atomic E-state index is 13.6. The van der Waals surface area contributed by atoms with Crippen LogP contribution in [-0.4, -0.2) is 61.3 Å². The number of anilines is 1. The molecule has 0 saturated heterocycles. The molecule has 3 aromatic rings. The van der Waals surface area contributed by atoms with Gasteiger partial charge in [-0.2, -0.15) is 17.6 Å². The summed E-state index contributed by atoms with van der Waals surface area (Å²) in [5, 5.41) is 0. The molecule has 3 aromatic carbocycles. The quantitative estimate of drug-likeness (QED) is 0.225. The highest BCUT2D eigenvalue weighted by Crippen LogP contribution is 2.46. The molecule has 2 atom stereocenters. The van der Waals surface area contributed by atoms with Gasteiger partial charge in [0.2, 0.25) is 11.3 Å². The van der Waals surface area contributed by atoms with E-state index in [1.165, 1.54) is 35.7 Å². The first-order valence-corrected chi connectivity index (χ1v) is 13.3. The summed E-state index contributed by atoms with van der Waals surface area (Å²) in [5.41, 5.74) is 1.71. The van der Waals surface area contributed by atoms with E-state index >= 15 is 0 Å². The van der Waals surface area contributed by atoms with Gasteiger partial charge in [-0.1, -0.05) is 36.4 Å². The van der Waals surface area contributed by atoms with E-state index in [2.05, 4.69) is 9.47 Å². The smallest absolute Gasteiger partial charge is 0.488 e. The first kappa shape index (κ1) is 31.4. The third-order valence-electron chi connectivity index (χ3n) is 6.25. The van der Waals surface area contributed by atoms with Crippen LogP contribution in [0.15, 0.2) is 66.7 Å². The van der Waals surface area contributed by atoms with Crippen molar-refractivity contribution in [2.75, 3.05) is 38.8 Å². The molecule has 1 aliphatic rings. The molecule has 0 fully saturated rings. The first-order chi connectivity index (χ1) is 19.8. The Hall–Kier alpha value is -3.56. The van der Waals surface area contributed by atoms with Crippen molar-refractivity contribution >= 4 is 17.0 Å². The molecule has 0 spiro atoms. The lowest BCUT2D eigenvalue weighted by Gasteiger charge is -2.40. The van der Waals surface area contributed by atoms with Crippen LogP contribution in [0.1, 0.15) is 11.6 Å². The second-order valence-corrected chi connectivity index (χ2v) is 10.4. The summed E-state index contributed by atoms with van der Waals surface area (Å²) in [4.78, 5) is 1.83. The third-order valence-corrected chi connectivity index (χ3v) is 7.22. The monoisotopic (exact) mass is 622 g/mol. The largest absolute Gasteiger partial charge is 0.573 e. The number of fused-ring (bicyclic) bond motifs is 1. The van der Waals surface area contributed by atoms with Crippen molar-refractivity contribution in [3.05, 3.63) is 72.3 Å². The van der Waals surface area contributed by atoms with Crippen LogP contribution >= 0.6 is 0 Å². The van der Waals surface area contributed by atoms with Gasteiger partial charge < -0.3 is 19.1 Å². The second-order valence-electron chi connectivity index (χ2n) is 9.02. The maximum atomic E-state index is 13.6. The average Bonchev–Trinajstić information content (AvgIpc) is 2.93. The minimum absolute atomic E-state index is 0.0610. The van der Waals surface area contributed by atoms with Gasteiger partial charge in [0.1, 0.15) is 18.1 Å². The zero-order valence-electron chi connectivity index (χ0n) is 22.1. The van der Waals surface area contributed by atoms with Crippen molar-refractivity contribution in [1.82, 2.24) is 4.31 Å². The molecule has 2 unspecified atom stereocenters. The molecule has 42 heavy (non-hydrogen) atoms. The van der Waals surface area contributed by atoms with E-state index < -0.39 is 47.7 Å². The van der Waals surface area contributed by atoms with Crippen LogP contribution in [0.3, 0.4) is 0 Å². The zero-order valence-corrected chi connectivity index (χ0v) is 22.9. The Labute approximate surface area is 239 Å². The van der Waals surface area contributed by atoms with Crippen molar-refractivity contribution in [3.63, 3.8) is 0 Å². The van der Waals surface area contributed by atoms with E-state index in [-0.39, 0.29) is 19.7 Å². The molecule has 1 aliphatic heterocycles. The van der Waals surface area contributed by atoms with Crippen LogP contribution in [0.2, 0.25) is 0 Å². The fourth-order valence-corrected chi connectivity index (χ4v) is 4.89. The minimum Gasteiger partial charge on any atom is -0.488 e. The molecule has 0 aliphatic carbocycles. The Morgan fingerprint density at radius 2 is 1.67 bits per heavy atom. The number of halogens is 7. The van der Waals surface area contributed by atoms with Gasteiger partial charge in [0.05, 0.1) is 18.8 Å². The fraction of sp³-hybridized carbons (Fsp3) is 0.333. The first-order valence-electron chi connectivity index (χ1n) is 12.3. The van der Waals surface area contributed by atoms with Gasteiger partial charge in [0.25, 0.3) is 0 Å². The molecule has 0 bridgehead atoms. The standard InChI is InChI=1S/C27H25F7N2O5S/c1-35(42(37)38-2)12-13-36-22-11-5-10-21(17-6-3-9-20(14-17)41-27(32,33)34)24(22)39-16-23(36)18-7-4-8-19(15-18)40-26(30,31)25(28)29/h3-11,14-15,23,25H,12-13,16H2,1-2H3. The van der Waals surface area contributed by atoms with Gasteiger partial charge in [0.15, 0.2) is 5.75 Å². The SMILES string of the molecule is COS(=O)N(C)CCN1c2cccc(-c3cccc(OC(F)(F)F)c3)c2OCC1c1cccc(OC(F)(F)C(F)F)c1. The lowest BCUT2D eigenvalue weighted by atomic mass is 9.98. The molecule has 0 N–H and O–H groups in total. The van der Waals surface area contributed by atoms with Crippen molar-refractivity contribution in [3.8, 4) is 28.4 Å². The lowest BCUT2D eigenvalue weighted by molar-refractivity contribution is -0.274. The number of para-hydroxylation sites is 1. The average molecular weight is 623 g/mol. The molecule has 0 radical (unpaired) electrons. The van der Waals surface area contributed by atoms with E-state index in [0.29, 0.717) is 28.1 Å². The summed E-state index contributed by atoms with van der Waals surface area (Å²) in [7, 11) is 2.82. The van der Waals surface area contributed by atoms with Crippen molar-refractivity contribution < 1.29 is 53.3 Å². The third kappa shape index (κ3) is 7.44. The van der Waals surface area contributed by atoms with Gasteiger partial charge in [-0.15, -0.1) is 13.2 Å². The summed E-state index contributed by atoms with van der Waals surface area (Å²) >= 11 is -1.76. The van der Waals surface area contributed by atoms with Crippen LogP contribution in [-0.2, 0) is 15.4 Å². The highest BCUT2D eigenvalue weighted by molar-refractivity contribution is 7.77. The minimum atomic E-state index is -4.89. The lowest BCUT2D eigenvalue weighted by Crippen LogP contribution is -2.41. The predicted octanol–water partition coefficient (Wildman–Crippen LogP) is 6.59. The van der Waals surface area contributed by atoms with Crippen LogP contribution in [0, 0.1) is 0 Å². The van der Waals surface area contributed by atoms with Crippen LogP contribution in [0.5, 0.6) is 17.2 Å². The van der Waals surface area contributed by atoms with Gasteiger partial charge in [-0.05, 0) is 41.5 Å². The van der Waals surface area contributed by atoms with Gasteiger partial charge >= 0.3 is 18.9 Å². The number of alkyl halides is 7. The van der Waals surface area contributed by atoms with E-state index in [1.54, 1.807) is 37.4 Å². The number of nitrogens with zero attached hydrogens (tertiary/aromatic N) is 2. The van der Waals surface area contributed by atoms with E-state index in [4.69, 9.17) is 8.92 Å². The van der Waals surface area contributed by atoms with Crippen LogP contribution in [0.25, 0.3) is 11.1 Å². The molecule has 228 valence electrons. The van der Waals surface area contributed by atoms with E-state index in [0.717, 1.165) is 12.1 Å². The molecule has 1 heterocycles. The Morgan fingerprint density at radius 1 is 1.00 bits per heavy atom. The van der Waals surface area contributed by atoms with Crippen LogP contribution in [0.4, 0.5) is 36.4 Å². The summed E-state index contributed by atoms with van der Waals surface area (Å²) in [6.45, 7) is 0.329. The number of benzene rings is 3. The number of hydrogen-bond donors (Lipinski definition) is 0. The predicted molar refractivity (Wildman–Crippen MR) is 140 cm³/mol. The van der Waals surface area contributed by atoms with Crippen molar-refractivity contribution in [1.29, 1.82) is 0 Å². The van der Waals surface area contributed by atoms with E-state index in [9.17, 15) is 34.9 Å².